The van der Waals surface area contributed by atoms with Crippen molar-refractivity contribution < 1.29 is 22.7 Å². The summed E-state index contributed by atoms with van der Waals surface area (Å²) >= 11 is 0. The number of hydrogen-bond donors (Lipinski definition) is 0. The van der Waals surface area contributed by atoms with Crippen molar-refractivity contribution >= 4 is 29.9 Å². The maximum Gasteiger partial charge on any atom is 0.261 e. The summed E-state index contributed by atoms with van der Waals surface area (Å²) in [6, 6.07) is 22.3. The van der Waals surface area contributed by atoms with Crippen LogP contribution in [0.25, 0.3) is 0 Å². The molecule has 0 aromatic heterocycles. The van der Waals surface area contributed by atoms with Crippen molar-refractivity contribution in [2.75, 3.05) is 13.6 Å². The van der Waals surface area contributed by atoms with E-state index in [-0.39, 0.29) is 28.3 Å². The van der Waals surface area contributed by atoms with Crippen LogP contribution >= 0.6 is 0 Å². The summed E-state index contributed by atoms with van der Waals surface area (Å²) in [5.74, 6) is 0.397. The molecule has 3 aromatic carbocycles. The van der Waals surface area contributed by atoms with Crippen LogP contribution in [-0.4, -0.2) is 56.8 Å². The molecule has 0 N–H and O–H groups in total. The van der Waals surface area contributed by atoms with Gasteiger partial charge in [0.1, 0.15) is 11.5 Å². The van der Waals surface area contributed by atoms with Crippen LogP contribution in [0.1, 0.15) is 41.5 Å². The Bertz CT molecular complexity index is 1410. The number of carbonyl (C=O) groups excluding carboxylic acids is 2. The Kier molecular flexibility index (Phi) is 7.40. The molecular weight excluding hydrogens is 516 g/mol. The predicted molar refractivity (Wildman–Crippen MR) is 151 cm³/mol. The fourth-order valence-electron chi connectivity index (χ4n) is 4.51. The van der Waals surface area contributed by atoms with Crippen LogP contribution in [-0.2, 0) is 10.0 Å². The summed E-state index contributed by atoms with van der Waals surface area (Å²) in [5.41, 5.74) is 0.145. The zero-order valence-electron chi connectivity index (χ0n) is 22.6. The Hall–Kier alpha value is -3.27. The molecule has 0 spiro atoms. The molecule has 9 heteroatoms. The first kappa shape index (κ1) is 27.8. The van der Waals surface area contributed by atoms with E-state index in [2.05, 4.69) is 33.9 Å². The molecular formula is C29H34N2O5SSi. The van der Waals surface area contributed by atoms with Crippen LogP contribution in [0.5, 0.6) is 11.5 Å². The molecule has 0 aliphatic carbocycles. The van der Waals surface area contributed by atoms with E-state index in [4.69, 9.17) is 4.74 Å². The van der Waals surface area contributed by atoms with Crippen LogP contribution in [0.3, 0.4) is 0 Å². The van der Waals surface area contributed by atoms with Gasteiger partial charge in [0.05, 0.1) is 24.1 Å². The normalized spacial score (nSPS) is 15.1. The second kappa shape index (κ2) is 10.1. The highest BCUT2D eigenvalue weighted by molar-refractivity contribution is 7.89. The fraction of sp³-hybridized carbons (Fsp3) is 0.310. The number of likely N-dealkylation sites (N-methyl/N-ethyl adjacent to an activating group) is 1. The number of fused-ring (bicyclic) bond motifs is 1. The molecule has 1 heterocycles. The van der Waals surface area contributed by atoms with Gasteiger partial charge in [-0.3, -0.25) is 14.5 Å². The lowest BCUT2D eigenvalue weighted by molar-refractivity contribution is 0.0639. The number of rotatable bonds is 8. The highest BCUT2D eigenvalue weighted by atomic mass is 32.2. The van der Waals surface area contributed by atoms with Crippen molar-refractivity contribution in [1.29, 1.82) is 0 Å². The SMILES string of the molecule is CN(C(CN1C(=O)c2ccccc2C1=O)[Si](C)(C)C(C)(C)C)S(=O)(=O)c1ccc(Oc2ccccc2)cc1. The molecule has 0 fully saturated rings. The van der Waals surface area contributed by atoms with Crippen molar-refractivity contribution in [2.45, 2.75) is 49.5 Å². The molecule has 0 bridgehead atoms. The van der Waals surface area contributed by atoms with Crippen LogP contribution in [0.4, 0.5) is 0 Å². The molecule has 38 heavy (non-hydrogen) atoms. The monoisotopic (exact) mass is 550 g/mol. The zero-order valence-corrected chi connectivity index (χ0v) is 24.5. The van der Waals surface area contributed by atoms with Gasteiger partial charge in [-0.05, 0) is 53.6 Å². The van der Waals surface area contributed by atoms with Crippen molar-refractivity contribution in [2.24, 2.45) is 0 Å². The second-order valence-corrected chi connectivity index (χ2v) is 18.8. The highest BCUT2D eigenvalue weighted by Crippen LogP contribution is 2.41. The van der Waals surface area contributed by atoms with Crippen LogP contribution in [0, 0.1) is 0 Å². The molecule has 1 atom stereocenters. The minimum atomic E-state index is -3.95. The van der Waals surface area contributed by atoms with Gasteiger partial charge in [0.2, 0.25) is 10.0 Å². The Morgan fingerprint density at radius 3 is 1.79 bits per heavy atom. The number of ether oxygens (including phenoxy) is 1. The fourth-order valence-corrected chi connectivity index (χ4v) is 9.48. The molecule has 0 radical (unpaired) electrons. The Balaban J connectivity index is 1.66. The number of para-hydroxylation sites is 1. The first-order valence-electron chi connectivity index (χ1n) is 12.5. The Morgan fingerprint density at radius 1 is 0.816 bits per heavy atom. The third-order valence-corrected chi connectivity index (χ3v) is 16.1. The molecule has 4 rings (SSSR count). The molecule has 2 amide bonds. The highest BCUT2D eigenvalue weighted by Gasteiger charge is 2.49. The van der Waals surface area contributed by atoms with E-state index in [1.54, 1.807) is 43.4 Å². The number of nitrogens with zero attached hydrogens (tertiary/aromatic N) is 2. The van der Waals surface area contributed by atoms with Crippen LogP contribution < -0.4 is 4.74 Å². The molecule has 200 valence electrons. The van der Waals surface area contributed by atoms with Gasteiger partial charge in [0, 0.05) is 19.3 Å². The summed E-state index contributed by atoms with van der Waals surface area (Å²) in [5, 5.41) is -0.215. The van der Waals surface area contributed by atoms with Crippen molar-refractivity contribution in [3.05, 3.63) is 90.0 Å². The minimum absolute atomic E-state index is 0.00618. The number of benzene rings is 3. The van der Waals surface area contributed by atoms with E-state index in [0.717, 1.165) is 0 Å². The number of carbonyl (C=O) groups is 2. The van der Waals surface area contributed by atoms with Gasteiger partial charge in [0.25, 0.3) is 11.8 Å². The van der Waals surface area contributed by atoms with E-state index in [1.165, 1.54) is 21.3 Å². The van der Waals surface area contributed by atoms with E-state index < -0.39 is 23.8 Å². The van der Waals surface area contributed by atoms with Gasteiger partial charge in [-0.1, -0.05) is 64.2 Å². The second-order valence-electron chi connectivity index (χ2n) is 11.2. The molecule has 1 aliphatic rings. The van der Waals surface area contributed by atoms with Gasteiger partial charge in [-0.25, -0.2) is 8.42 Å². The van der Waals surface area contributed by atoms with Crippen molar-refractivity contribution in [1.82, 2.24) is 9.21 Å². The predicted octanol–water partition coefficient (Wildman–Crippen LogP) is 5.81. The van der Waals surface area contributed by atoms with E-state index in [9.17, 15) is 18.0 Å². The van der Waals surface area contributed by atoms with E-state index in [0.29, 0.717) is 22.6 Å². The summed E-state index contributed by atoms with van der Waals surface area (Å²) in [6.45, 7) is 10.5. The lowest BCUT2D eigenvalue weighted by Gasteiger charge is -2.47. The average molecular weight is 551 g/mol. The molecule has 0 saturated carbocycles. The third-order valence-electron chi connectivity index (χ3n) is 7.92. The van der Waals surface area contributed by atoms with Gasteiger partial charge in [-0.2, -0.15) is 4.31 Å². The number of hydrogen-bond acceptors (Lipinski definition) is 5. The summed E-state index contributed by atoms with van der Waals surface area (Å²) in [4.78, 5) is 27.7. The summed E-state index contributed by atoms with van der Waals surface area (Å²) in [6.07, 6.45) is 0. The molecule has 0 saturated heterocycles. The number of sulfonamides is 1. The first-order chi connectivity index (χ1) is 17.7. The third kappa shape index (κ3) is 5.06. The van der Waals surface area contributed by atoms with Gasteiger partial charge >= 0.3 is 0 Å². The first-order valence-corrected chi connectivity index (χ1v) is 17.0. The smallest absolute Gasteiger partial charge is 0.261 e. The van der Waals surface area contributed by atoms with E-state index >= 15 is 0 Å². The van der Waals surface area contributed by atoms with Crippen molar-refractivity contribution in [3.8, 4) is 11.5 Å². The lowest BCUT2D eigenvalue weighted by atomic mass is 10.1. The Labute approximate surface area is 226 Å². The van der Waals surface area contributed by atoms with Crippen molar-refractivity contribution in [3.63, 3.8) is 0 Å². The average Bonchev–Trinajstić information content (AvgIpc) is 3.11. The standard InChI is InChI=1S/C29H34N2O5SSi/c1-29(2,3)38(5,6)26(20-31-27(32)24-14-10-11-15-25(24)28(31)33)30(4)37(34,35)23-18-16-22(17-19-23)36-21-12-8-7-9-13-21/h7-19,26H,20H2,1-6H3. The maximum absolute atomic E-state index is 13.9. The van der Waals surface area contributed by atoms with E-state index in [1.807, 2.05) is 30.3 Å². The zero-order chi connectivity index (χ0) is 27.9. The number of amides is 2. The van der Waals surface area contributed by atoms with Gasteiger partial charge in [-0.15, -0.1) is 0 Å². The Morgan fingerprint density at radius 2 is 1.29 bits per heavy atom. The summed E-state index contributed by atoms with van der Waals surface area (Å²) < 4.78 is 35.0. The molecule has 3 aromatic rings. The van der Waals surface area contributed by atoms with Gasteiger partial charge < -0.3 is 4.74 Å². The molecule has 1 aliphatic heterocycles. The molecule has 1 unspecified atom stereocenters. The largest absolute Gasteiger partial charge is 0.457 e. The van der Waals surface area contributed by atoms with Crippen LogP contribution in [0.15, 0.2) is 83.8 Å². The lowest BCUT2D eigenvalue weighted by Crippen LogP contribution is -2.62. The summed E-state index contributed by atoms with van der Waals surface area (Å²) in [7, 11) is -4.86. The topological polar surface area (TPSA) is 84.0 Å². The van der Waals surface area contributed by atoms with Gasteiger partial charge in [0.15, 0.2) is 0 Å². The number of imide groups is 1. The minimum Gasteiger partial charge on any atom is -0.457 e. The van der Waals surface area contributed by atoms with Crippen LogP contribution in [0.2, 0.25) is 18.1 Å². The maximum atomic E-state index is 13.9. The molecule has 7 nitrogen and oxygen atoms in total. The quantitative estimate of drug-likeness (QED) is 0.261.